The molecule has 0 spiro atoms. The number of pyridine rings is 1. The molecule has 0 aliphatic carbocycles. The minimum atomic E-state index is 0.0342. The van der Waals surface area contributed by atoms with E-state index in [2.05, 4.69) is 27.8 Å². The van der Waals surface area contributed by atoms with Gasteiger partial charge in [0.15, 0.2) is 0 Å². The molecule has 0 radical (unpaired) electrons. The summed E-state index contributed by atoms with van der Waals surface area (Å²) >= 11 is 3.25. The Morgan fingerprint density at radius 3 is 3.00 bits per heavy atom. The van der Waals surface area contributed by atoms with Crippen molar-refractivity contribution in [3.63, 3.8) is 0 Å². The zero-order chi connectivity index (χ0) is 10.4. The van der Waals surface area contributed by atoms with Crippen LogP contribution in [0.4, 0.5) is 0 Å². The van der Waals surface area contributed by atoms with Gasteiger partial charge in [-0.2, -0.15) is 0 Å². The quantitative estimate of drug-likeness (QED) is 0.808. The Balaban J connectivity index is 2.35. The van der Waals surface area contributed by atoms with Gasteiger partial charge in [-0.15, -0.1) is 0 Å². The Hall–Kier alpha value is -0.870. The molecule has 1 N–H and O–H groups in total. The van der Waals surface area contributed by atoms with Crippen LogP contribution in [0.2, 0.25) is 0 Å². The summed E-state index contributed by atoms with van der Waals surface area (Å²) in [7, 11) is 0. The highest BCUT2D eigenvalue weighted by atomic mass is 79.9. The van der Waals surface area contributed by atoms with Crippen molar-refractivity contribution in [1.29, 1.82) is 0 Å². The summed E-state index contributed by atoms with van der Waals surface area (Å²) in [5, 5.41) is 3.15. The van der Waals surface area contributed by atoms with E-state index in [1.807, 2.05) is 6.07 Å². The molecule has 0 fully saturated rings. The molecule has 1 aromatic rings. The standard InChI is InChI=1S/C10H13BrN2O/c1-9(11)8-12-5-7-13-6-3-2-4-10(13)14/h2-4,6,12H,1,5,7-8H2. The van der Waals surface area contributed by atoms with E-state index in [4.69, 9.17) is 0 Å². The molecule has 3 nitrogen and oxygen atoms in total. The normalized spacial score (nSPS) is 10.1. The molecule has 0 bridgehead atoms. The molecule has 0 aliphatic rings. The second-order valence-electron chi connectivity index (χ2n) is 2.93. The van der Waals surface area contributed by atoms with Gasteiger partial charge in [0.25, 0.3) is 5.56 Å². The predicted octanol–water partition coefficient (Wildman–Crippen LogP) is 1.35. The Morgan fingerprint density at radius 1 is 1.57 bits per heavy atom. The van der Waals surface area contributed by atoms with Crippen molar-refractivity contribution < 1.29 is 0 Å². The fourth-order valence-electron chi connectivity index (χ4n) is 1.07. The molecule has 0 atom stereocenters. The van der Waals surface area contributed by atoms with Gasteiger partial charge in [-0.1, -0.05) is 28.6 Å². The van der Waals surface area contributed by atoms with Gasteiger partial charge in [0, 0.05) is 36.4 Å². The second kappa shape index (κ2) is 5.78. The number of rotatable bonds is 5. The van der Waals surface area contributed by atoms with Crippen molar-refractivity contribution in [2.24, 2.45) is 0 Å². The van der Waals surface area contributed by atoms with Gasteiger partial charge in [0.1, 0.15) is 0 Å². The van der Waals surface area contributed by atoms with Crippen LogP contribution in [-0.2, 0) is 6.54 Å². The minimum absolute atomic E-state index is 0.0342. The maximum Gasteiger partial charge on any atom is 0.250 e. The van der Waals surface area contributed by atoms with Crippen LogP contribution in [0.3, 0.4) is 0 Å². The molecular formula is C10H13BrN2O. The third-order valence-corrected chi connectivity index (χ3v) is 2.03. The van der Waals surface area contributed by atoms with E-state index < -0.39 is 0 Å². The topological polar surface area (TPSA) is 34.0 Å². The first kappa shape index (κ1) is 11.2. The van der Waals surface area contributed by atoms with E-state index >= 15 is 0 Å². The number of aromatic nitrogens is 1. The van der Waals surface area contributed by atoms with E-state index in [1.165, 1.54) is 0 Å². The van der Waals surface area contributed by atoms with Crippen LogP contribution in [0.15, 0.2) is 40.3 Å². The summed E-state index contributed by atoms with van der Waals surface area (Å²) in [6.07, 6.45) is 1.78. The van der Waals surface area contributed by atoms with Crippen LogP contribution in [0.25, 0.3) is 0 Å². The molecule has 0 aromatic carbocycles. The Bertz CT molecular complexity index is 359. The molecule has 1 rings (SSSR count). The smallest absolute Gasteiger partial charge is 0.250 e. The molecule has 1 aromatic heterocycles. The van der Waals surface area contributed by atoms with Crippen molar-refractivity contribution in [2.45, 2.75) is 6.54 Å². The lowest BCUT2D eigenvalue weighted by molar-refractivity contribution is 0.609. The predicted molar refractivity (Wildman–Crippen MR) is 61.6 cm³/mol. The minimum Gasteiger partial charge on any atom is -0.314 e. The lowest BCUT2D eigenvalue weighted by Gasteiger charge is -2.05. The average Bonchev–Trinajstić information content (AvgIpc) is 2.15. The van der Waals surface area contributed by atoms with Gasteiger partial charge in [-0.05, 0) is 6.07 Å². The third-order valence-electron chi connectivity index (χ3n) is 1.75. The molecule has 14 heavy (non-hydrogen) atoms. The van der Waals surface area contributed by atoms with Crippen LogP contribution in [-0.4, -0.2) is 17.7 Å². The largest absolute Gasteiger partial charge is 0.314 e. The monoisotopic (exact) mass is 256 g/mol. The summed E-state index contributed by atoms with van der Waals surface area (Å²) in [6.45, 7) is 5.87. The lowest BCUT2D eigenvalue weighted by atomic mass is 10.4. The fraction of sp³-hybridized carbons (Fsp3) is 0.300. The summed E-state index contributed by atoms with van der Waals surface area (Å²) < 4.78 is 2.59. The Labute approximate surface area is 91.6 Å². The highest BCUT2D eigenvalue weighted by molar-refractivity contribution is 9.11. The number of halogens is 1. The van der Waals surface area contributed by atoms with E-state index in [9.17, 15) is 4.79 Å². The van der Waals surface area contributed by atoms with Gasteiger partial charge in [0.05, 0.1) is 0 Å². The molecule has 0 saturated carbocycles. The van der Waals surface area contributed by atoms with Gasteiger partial charge >= 0.3 is 0 Å². The second-order valence-corrected chi connectivity index (χ2v) is 4.05. The maximum atomic E-state index is 11.3. The number of nitrogens with one attached hydrogen (secondary N) is 1. The average molecular weight is 257 g/mol. The highest BCUT2D eigenvalue weighted by Gasteiger charge is 1.93. The van der Waals surface area contributed by atoms with Crippen LogP contribution < -0.4 is 10.9 Å². The van der Waals surface area contributed by atoms with Gasteiger partial charge in [0.2, 0.25) is 0 Å². The molecule has 0 aliphatic heterocycles. The first-order valence-electron chi connectivity index (χ1n) is 4.39. The summed E-state index contributed by atoms with van der Waals surface area (Å²) in [5.74, 6) is 0. The van der Waals surface area contributed by atoms with Gasteiger partial charge in [-0.3, -0.25) is 4.79 Å². The molecule has 0 saturated heterocycles. The van der Waals surface area contributed by atoms with Crippen molar-refractivity contribution in [3.8, 4) is 0 Å². The molecule has 0 amide bonds. The molecule has 76 valence electrons. The van der Waals surface area contributed by atoms with E-state index in [0.717, 1.165) is 17.6 Å². The summed E-state index contributed by atoms with van der Waals surface area (Å²) in [6, 6.07) is 5.15. The lowest BCUT2D eigenvalue weighted by Crippen LogP contribution is -2.26. The van der Waals surface area contributed by atoms with E-state index in [1.54, 1.807) is 22.9 Å². The SMILES string of the molecule is C=C(Br)CNCCn1ccccc1=O. The van der Waals surface area contributed by atoms with Crippen LogP contribution in [0.1, 0.15) is 0 Å². The molecule has 0 unspecified atom stereocenters. The molecule has 1 heterocycles. The first-order chi connectivity index (χ1) is 6.70. The van der Waals surface area contributed by atoms with Crippen molar-refractivity contribution in [1.82, 2.24) is 9.88 Å². The van der Waals surface area contributed by atoms with Crippen molar-refractivity contribution >= 4 is 15.9 Å². The van der Waals surface area contributed by atoms with Crippen molar-refractivity contribution in [3.05, 3.63) is 45.8 Å². The van der Waals surface area contributed by atoms with E-state index in [0.29, 0.717) is 6.54 Å². The third kappa shape index (κ3) is 3.89. The summed E-state index contributed by atoms with van der Waals surface area (Å²) in [4.78, 5) is 11.3. The van der Waals surface area contributed by atoms with Crippen LogP contribution in [0.5, 0.6) is 0 Å². The fourth-order valence-corrected chi connectivity index (χ4v) is 1.27. The number of nitrogens with zero attached hydrogens (tertiary/aromatic N) is 1. The van der Waals surface area contributed by atoms with Crippen molar-refractivity contribution in [2.75, 3.05) is 13.1 Å². The molecule has 4 heteroatoms. The van der Waals surface area contributed by atoms with Gasteiger partial charge in [-0.25, -0.2) is 0 Å². The van der Waals surface area contributed by atoms with E-state index in [-0.39, 0.29) is 5.56 Å². The van der Waals surface area contributed by atoms with Crippen LogP contribution >= 0.6 is 15.9 Å². The van der Waals surface area contributed by atoms with Crippen LogP contribution in [0, 0.1) is 0 Å². The number of hydrogen-bond donors (Lipinski definition) is 1. The zero-order valence-electron chi connectivity index (χ0n) is 7.87. The zero-order valence-corrected chi connectivity index (χ0v) is 9.46. The summed E-state index contributed by atoms with van der Waals surface area (Å²) in [5.41, 5.74) is 0.0342. The Kier molecular flexibility index (Phi) is 4.62. The Morgan fingerprint density at radius 2 is 2.36 bits per heavy atom. The number of hydrogen-bond acceptors (Lipinski definition) is 2. The maximum absolute atomic E-state index is 11.3. The molecular weight excluding hydrogens is 244 g/mol. The highest BCUT2D eigenvalue weighted by Crippen LogP contribution is 1.95. The van der Waals surface area contributed by atoms with Gasteiger partial charge < -0.3 is 9.88 Å². The first-order valence-corrected chi connectivity index (χ1v) is 5.19.